The lowest BCUT2D eigenvalue weighted by Gasteiger charge is -2.54. The lowest BCUT2D eigenvalue weighted by Crippen LogP contribution is -2.70. The molecular weight excluding hydrogens is 1030 g/mol. The van der Waals surface area contributed by atoms with Gasteiger partial charge in [-0.15, -0.1) is 0 Å². The summed E-state index contributed by atoms with van der Waals surface area (Å²) in [7, 11) is 3.82. The van der Waals surface area contributed by atoms with Crippen molar-refractivity contribution in [3.63, 3.8) is 0 Å². The molecule has 9 fully saturated rings. The first kappa shape index (κ1) is 54.8. The zero-order valence-corrected chi connectivity index (χ0v) is 49.0. The number of carbonyl (C=O) groups is 4. The molecule has 19 heteroatoms. The van der Waals surface area contributed by atoms with E-state index in [-0.39, 0.29) is 84.6 Å². The summed E-state index contributed by atoms with van der Waals surface area (Å²) in [5.74, 6) is 0.608. The highest BCUT2D eigenvalue weighted by Gasteiger charge is 2.59. The number of anilines is 1. The number of piperazine rings is 1. The minimum Gasteiger partial charge on any atom is -0.465 e. The standard InChI is InChI=1S/C62H85N11O8/c1-9-72-50-13-12-39-24-44(50)46(56(72)45-25-42(29-63-53(45)37(4)78-8)68-18-20-69(21-19-68)43-30-79-31-43)28-61(5,6)35-81-52(74)27-47-40-22-41(23-40)73(66-47)59(76)48(26-51-64-49(39)32-80-51)65-58(75)54(36(2)3)70-16-14-62(33-70)15-17-71(34-62)60(77)57-55(67(57)7)38-10-11-38/h12-13,24-25,29,32,36-38,40-41,43,47-48,54-55,57,66H,9-11,14-23,26-28,30-31,33-35H2,1-8H3,(H,65,75)/t37-,40?,41?,47+,48-,54-,55+,57+,62-,67?/m0/s1. The molecule has 2 N–H and O–H groups in total. The van der Waals surface area contributed by atoms with E-state index in [0.717, 1.165) is 129 Å². The molecule has 2 saturated carbocycles. The van der Waals surface area contributed by atoms with E-state index in [1.807, 2.05) is 6.20 Å². The van der Waals surface area contributed by atoms with Crippen molar-refractivity contribution < 1.29 is 37.8 Å². The van der Waals surface area contributed by atoms with E-state index < -0.39 is 17.5 Å². The number of carbonyl (C=O) groups excluding carboxylic acids is 4. The molecule has 14 rings (SSSR count). The zero-order valence-electron chi connectivity index (χ0n) is 49.0. The van der Waals surface area contributed by atoms with Gasteiger partial charge >= 0.3 is 5.97 Å². The number of cyclic esters (lactones) is 1. The molecule has 1 spiro atoms. The summed E-state index contributed by atoms with van der Waals surface area (Å²) in [6.45, 7) is 21.8. The van der Waals surface area contributed by atoms with E-state index in [1.165, 1.54) is 12.8 Å². The number of hydrogen-bond acceptors (Lipinski definition) is 15. The quantitative estimate of drug-likeness (QED) is 0.130. The van der Waals surface area contributed by atoms with Crippen LogP contribution in [0.4, 0.5) is 5.69 Å². The van der Waals surface area contributed by atoms with Crippen LogP contribution in [0, 0.1) is 28.6 Å². The van der Waals surface area contributed by atoms with Crippen molar-refractivity contribution in [2.75, 3.05) is 91.2 Å². The van der Waals surface area contributed by atoms with Crippen LogP contribution in [0.15, 0.2) is 41.1 Å². The summed E-state index contributed by atoms with van der Waals surface area (Å²) in [4.78, 5) is 80.0. The van der Waals surface area contributed by atoms with Gasteiger partial charge in [-0.1, -0.05) is 33.8 Å². The number of rotatable bonds is 12. The summed E-state index contributed by atoms with van der Waals surface area (Å²) in [6.07, 6.45) is 9.88. The number of methoxy groups -OCH3 is 1. The molecule has 8 atom stereocenters. The molecule has 2 aliphatic carbocycles. The molecule has 4 aromatic rings. The number of aromatic nitrogens is 3. The predicted octanol–water partition coefficient (Wildman–Crippen LogP) is 5.68. The number of aryl methyl sites for hydroxylation is 1. The fourth-order valence-electron chi connectivity index (χ4n) is 15.3. The van der Waals surface area contributed by atoms with Crippen LogP contribution in [-0.4, -0.2) is 191 Å². The number of pyridine rings is 1. The minimum absolute atomic E-state index is 0.00972. The van der Waals surface area contributed by atoms with Crippen LogP contribution in [0.5, 0.6) is 0 Å². The molecule has 3 amide bonds. The van der Waals surface area contributed by atoms with Gasteiger partial charge in [0.05, 0.1) is 74.1 Å². The molecule has 19 nitrogen and oxygen atoms in total. The Morgan fingerprint density at radius 2 is 1.73 bits per heavy atom. The smallest absolute Gasteiger partial charge is 0.307 e. The molecule has 1 aromatic carbocycles. The van der Waals surface area contributed by atoms with Gasteiger partial charge in [0, 0.05) is 110 Å². The number of amides is 3. The molecule has 3 aromatic heterocycles. The Hall–Kier alpha value is -5.44. The number of benzene rings is 1. The highest BCUT2D eigenvalue weighted by atomic mass is 16.5. The van der Waals surface area contributed by atoms with Gasteiger partial charge in [-0.05, 0) is 114 Å². The van der Waals surface area contributed by atoms with Crippen molar-refractivity contribution in [3.05, 3.63) is 53.9 Å². The average Bonchev–Trinajstić information content (AvgIpc) is 3.90. The van der Waals surface area contributed by atoms with Crippen molar-refractivity contribution in [2.45, 2.75) is 154 Å². The zero-order chi connectivity index (χ0) is 56.2. The number of likely N-dealkylation sites (tertiary alicyclic amines) is 2. The molecule has 8 aliphatic heterocycles. The number of fused-ring (bicyclic) bond motifs is 4. The molecule has 1 unspecified atom stereocenters. The van der Waals surface area contributed by atoms with Gasteiger partial charge in [0.2, 0.25) is 11.8 Å². The Morgan fingerprint density at radius 1 is 0.951 bits per heavy atom. The normalized spacial score (nSPS) is 30.7. The maximum absolute atomic E-state index is 15.2. The summed E-state index contributed by atoms with van der Waals surface area (Å²) in [6, 6.07) is 7.74. The molecule has 436 valence electrons. The first-order chi connectivity index (χ1) is 39.0. The molecule has 7 saturated heterocycles. The second-order valence-electron chi connectivity index (χ2n) is 26.8. The van der Waals surface area contributed by atoms with Crippen LogP contribution in [0.3, 0.4) is 0 Å². The van der Waals surface area contributed by atoms with Gasteiger partial charge in [0.1, 0.15) is 24.0 Å². The van der Waals surface area contributed by atoms with Gasteiger partial charge < -0.3 is 38.3 Å². The third-order valence-corrected chi connectivity index (χ3v) is 20.3. The third-order valence-electron chi connectivity index (χ3n) is 20.3. The van der Waals surface area contributed by atoms with Gasteiger partial charge in [-0.2, -0.15) is 0 Å². The van der Waals surface area contributed by atoms with Gasteiger partial charge in [0.15, 0.2) is 5.89 Å². The summed E-state index contributed by atoms with van der Waals surface area (Å²) in [5.41, 5.74) is 10.5. The van der Waals surface area contributed by atoms with E-state index in [2.05, 4.69) is 113 Å². The van der Waals surface area contributed by atoms with E-state index >= 15 is 9.59 Å². The SMILES string of the molecule is CCn1c(-c2cc(N3CCN(C4COC4)CC3)cnc2[C@H](C)OC)c2c3cc(ccc31)-c1coc(n1)C[C@H](NC(=O)[C@H](C(C)C)N1CC[C@]3(CCN(C(=O)[C@H]4[C@@H](C5CC5)N4C)C3)C1)C(=O)N1N[C@H](CC(=O)OCC(C)(C)C2)C2CC1C2. The number of esters is 1. The average molecular weight is 1110 g/mol. The molecule has 10 aliphatic rings. The van der Waals surface area contributed by atoms with Crippen LogP contribution in [-0.2, 0) is 52.8 Å². The third kappa shape index (κ3) is 10.3. The number of likely N-dealkylation sites (N-methyl/N-ethyl adjacent to an activating group) is 1. The number of nitrogens with zero attached hydrogens (tertiary/aromatic N) is 9. The lowest BCUT2D eigenvalue weighted by atomic mass is 9.72. The topological polar surface area (TPSA) is 183 Å². The fraction of sp³-hybridized carbons (Fsp3) is 0.677. The Bertz CT molecular complexity index is 3060. The van der Waals surface area contributed by atoms with Crippen molar-refractivity contribution in [1.29, 1.82) is 0 Å². The Balaban J connectivity index is 0.817. The Morgan fingerprint density at radius 3 is 2.44 bits per heavy atom. The number of nitrogens with one attached hydrogen (secondary N) is 2. The van der Waals surface area contributed by atoms with E-state index in [9.17, 15) is 9.59 Å². The first-order valence-electron chi connectivity index (χ1n) is 30.5. The lowest BCUT2D eigenvalue weighted by molar-refractivity contribution is -0.161. The number of hydrogen-bond donors (Lipinski definition) is 2. The minimum atomic E-state index is -1.01. The first-order valence-corrected chi connectivity index (χ1v) is 30.5. The van der Waals surface area contributed by atoms with Crippen molar-refractivity contribution in [2.24, 2.45) is 28.6 Å². The maximum Gasteiger partial charge on any atom is 0.307 e. The van der Waals surface area contributed by atoms with Crippen LogP contribution in [0.1, 0.15) is 110 Å². The number of ether oxygens (including phenoxy) is 3. The van der Waals surface area contributed by atoms with Crippen LogP contribution in [0.25, 0.3) is 33.4 Å². The predicted molar refractivity (Wildman–Crippen MR) is 306 cm³/mol. The second-order valence-corrected chi connectivity index (χ2v) is 26.8. The summed E-state index contributed by atoms with van der Waals surface area (Å²) in [5, 5.41) is 6.00. The van der Waals surface area contributed by atoms with Gasteiger partial charge in [-0.3, -0.25) is 43.9 Å². The van der Waals surface area contributed by atoms with Gasteiger partial charge in [0.25, 0.3) is 5.91 Å². The van der Waals surface area contributed by atoms with Crippen molar-refractivity contribution in [3.8, 4) is 22.5 Å². The molecule has 0 radical (unpaired) electrons. The number of oxazole rings is 1. The van der Waals surface area contributed by atoms with Crippen LogP contribution >= 0.6 is 0 Å². The monoisotopic (exact) mass is 1110 g/mol. The van der Waals surface area contributed by atoms with Crippen LogP contribution in [0.2, 0.25) is 0 Å². The molecule has 81 heavy (non-hydrogen) atoms. The molecule has 11 heterocycles. The maximum atomic E-state index is 15.2. The van der Waals surface area contributed by atoms with E-state index in [1.54, 1.807) is 18.4 Å². The second kappa shape index (κ2) is 21.3. The number of hydrazine groups is 1. The fourth-order valence-corrected chi connectivity index (χ4v) is 15.3. The largest absolute Gasteiger partial charge is 0.465 e. The highest BCUT2D eigenvalue weighted by molar-refractivity contribution is 5.96. The van der Waals surface area contributed by atoms with Crippen molar-refractivity contribution in [1.82, 2.24) is 49.9 Å². The van der Waals surface area contributed by atoms with E-state index in [4.69, 9.17) is 28.6 Å². The summed E-state index contributed by atoms with van der Waals surface area (Å²) < 4.78 is 26.6. The molecule has 8 bridgehead atoms. The Labute approximate surface area is 476 Å². The van der Waals surface area contributed by atoms with Gasteiger partial charge in [-0.25, -0.2) is 10.4 Å². The highest BCUT2D eigenvalue weighted by Crippen LogP contribution is 2.49. The van der Waals surface area contributed by atoms with E-state index in [0.29, 0.717) is 49.1 Å². The summed E-state index contributed by atoms with van der Waals surface area (Å²) >= 11 is 0. The Kier molecular flexibility index (Phi) is 14.4. The van der Waals surface area contributed by atoms with Crippen LogP contribution < -0.4 is 15.6 Å². The van der Waals surface area contributed by atoms with Crippen molar-refractivity contribution >= 4 is 40.3 Å². The molecular formula is C62H85N11O8.